The van der Waals surface area contributed by atoms with Crippen molar-refractivity contribution < 1.29 is 8.42 Å². The van der Waals surface area contributed by atoms with Crippen molar-refractivity contribution in [2.75, 3.05) is 25.1 Å². The van der Waals surface area contributed by atoms with Gasteiger partial charge in [0.25, 0.3) is 0 Å². The quantitative estimate of drug-likeness (QED) is 0.618. The molecule has 21 heavy (non-hydrogen) atoms. The van der Waals surface area contributed by atoms with E-state index in [9.17, 15) is 8.42 Å². The molecule has 5 nitrogen and oxygen atoms in total. The Hall–Kier alpha value is -1.27. The minimum atomic E-state index is -2.98. The second kappa shape index (κ2) is 8.24. The first-order valence-electron chi connectivity index (χ1n) is 6.81. The Labute approximate surface area is 131 Å². The molecule has 7 heteroatoms. The average molecular weight is 332 g/mol. The lowest BCUT2D eigenvalue weighted by Crippen LogP contribution is -2.40. The van der Waals surface area contributed by atoms with E-state index in [4.69, 9.17) is 11.6 Å². The largest absolute Gasteiger partial charge is 0.355 e. The minimum Gasteiger partial charge on any atom is -0.355 e. The van der Waals surface area contributed by atoms with Gasteiger partial charge in [-0.3, -0.25) is 4.99 Å². The molecule has 0 aliphatic carbocycles. The van der Waals surface area contributed by atoms with Crippen molar-refractivity contribution in [1.29, 1.82) is 0 Å². The summed E-state index contributed by atoms with van der Waals surface area (Å²) in [5, 5.41) is 6.87. The van der Waals surface area contributed by atoms with Crippen LogP contribution in [0.1, 0.15) is 25.5 Å². The van der Waals surface area contributed by atoms with E-state index < -0.39 is 9.84 Å². The molecule has 0 aliphatic heterocycles. The first kappa shape index (κ1) is 17.8. The number of nitrogens with zero attached hydrogens (tertiary/aromatic N) is 1. The molecule has 2 N–H and O–H groups in total. The second-order valence-corrected chi connectivity index (χ2v) is 7.50. The lowest BCUT2D eigenvalue weighted by atomic mass is 10.1. The number of guanidine groups is 1. The van der Waals surface area contributed by atoms with Gasteiger partial charge in [-0.05, 0) is 18.6 Å². The highest BCUT2D eigenvalue weighted by Crippen LogP contribution is 2.21. The molecule has 0 amide bonds. The molecule has 0 radical (unpaired) electrons. The molecule has 118 valence electrons. The maximum atomic E-state index is 11.4. The number of hydrogen-bond acceptors (Lipinski definition) is 3. The summed E-state index contributed by atoms with van der Waals surface area (Å²) in [7, 11) is -1.34. The van der Waals surface area contributed by atoms with Crippen molar-refractivity contribution in [2.45, 2.75) is 19.9 Å². The van der Waals surface area contributed by atoms with E-state index in [1.54, 1.807) is 14.0 Å². The number of sulfone groups is 1. The molecular weight excluding hydrogens is 310 g/mol. The zero-order valence-corrected chi connectivity index (χ0v) is 14.1. The molecule has 0 bridgehead atoms. The molecule has 0 heterocycles. The molecule has 0 aliphatic rings. The van der Waals surface area contributed by atoms with Gasteiger partial charge < -0.3 is 10.6 Å². The van der Waals surface area contributed by atoms with E-state index in [-0.39, 0.29) is 17.5 Å². The maximum Gasteiger partial charge on any atom is 0.191 e. The first-order chi connectivity index (χ1) is 9.89. The summed E-state index contributed by atoms with van der Waals surface area (Å²) in [5.41, 5.74) is 0.961. The number of rotatable bonds is 6. The number of nitrogens with one attached hydrogen (secondary N) is 2. The Morgan fingerprint density at radius 3 is 2.62 bits per heavy atom. The van der Waals surface area contributed by atoms with Crippen LogP contribution in [0.3, 0.4) is 0 Å². The lowest BCUT2D eigenvalue weighted by Gasteiger charge is -2.19. The summed E-state index contributed by atoms with van der Waals surface area (Å²) in [4.78, 5) is 4.09. The van der Waals surface area contributed by atoms with Gasteiger partial charge in [0.05, 0.1) is 11.8 Å². The van der Waals surface area contributed by atoms with E-state index in [1.165, 1.54) is 0 Å². The van der Waals surface area contributed by atoms with Gasteiger partial charge in [0, 0.05) is 24.4 Å². The zero-order valence-electron chi connectivity index (χ0n) is 12.6. The lowest BCUT2D eigenvalue weighted by molar-refractivity contribution is 0.595. The smallest absolute Gasteiger partial charge is 0.191 e. The second-order valence-electron chi connectivity index (χ2n) is 4.62. The van der Waals surface area contributed by atoms with Gasteiger partial charge in [0.2, 0.25) is 0 Å². The predicted octanol–water partition coefficient (Wildman–Crippen LogP) is 2.00. The Morgan fingerprint density at radius 1 is 1.38 bits per heavy atom. The summed E-state index contributed by atoms with van der Waals surface area (Å²) >= 11 is 6.15. The number of halogens is 1. The van der Waals surface area contributed by atoms with Crippen molar-refractivity contribution >= 4 is 27.4 Å². The molecule has 1 atom stereocenters. The van der Waals surface area contributed by atoms with Gasteiger partial charge in [-0.1, -0.05) is 36.7 Å². The zero-order chi connectivity index (χ0) is 15.9. The third-order valence-corrected chi connectivity index (χ3v) is 5.14. The molecule has 0 unspecified atom stereocenters. The Bertz CT molecular complexity index is 588. The monoisotopic (exact) mass is 331 g/mol. The summed E-state index contributed by atoms with van der Waals surface area (Å²) in [6.07, 6.45) is 0. The van der Waals surface area contributed by atoms with Crippen LogP contribution in [0, 0.1) is 0 Å². The average Bonchev–Trinajstić information content (AvgIpc) is 2.46. The van der Waals surface area contributed by atoms with E-state index in [0.717, 1.165) is 5.56 Å². The Kier molecular flexibility index (Phi) is 6.98. The van der Waals surface area contributed by atoms with E-state index in [0.29, 0.717) is 17.5 Å². The SMILES string of the molecule is CCS(=O)(=O)CCNC(=NC)N[C@@H](C)c1ccccc1Cl. The van der Waals surface area contributed by atoms with Crippen LogP contribution in [0.4, 0.5) is 0 Å². The van der Waals surface area contributed by atoms with Gasteiger partial charge in [0.1, 0.15) is 0 Å². The maximum absolute atomic E-state index is 11.4. The molecule has 1 rings (SSSR count). The third kappa shape index (κ3) is 5.93. The fourth-order valence-corrected chi connectivity index (χ4v) is 2.77. The number of hydrogen-bond donors (Lipinski definition) is 2. The summed E-state index contributed by atoms with van der Waals surface area (Å²) in [6.45, 7) is 3.93. The number of aliphatic imine (C=N–C) groups is 1. The van der Waals surface area contributed by atoms with Crippen LogP contribution in [-0.4, -0.2) is 39.5 Å². The number of benzene rings is 1. The van der Waals surface area contributed by atoms with Crippen molar-refractivity contribution in [3.05, 3.63) is 34.9 Å². The topological polar surface area (TPSA) is 70.6 Å². The highest BCUT2D eigenvalue weighted by atomic mass is 35.5. The van der Waals surface area contributed by atoms with Gasteiger partial charge in [-0.2, -0.15) is 0 Å². The highest BCUT2D eigenvalue weighted by Gasteiger charge is 2.12. The first-order valence-corrected chi connectivity index (χ1v) is 9.01. The van der Waals surface area contributed by atoms with Crippen molar-refractivity contribution in [3.63, 3.8) is 0 Å². The van der Waals surface area contributed by atoms with Gasteiger partial charge in [0.15, 0.2) is 15.8 Å². The van der Waals surface area contributed by atoms with Crippen LogP contribution < -0.4 is 10.6 Å². The molecule has 0 spiro atoms. The van der Waals surface area contributed by atoms with Crippen molar-refractivity contribution in [1.82, 2.24) is 10.6 Å². The van der Waals surface area contributed by atoms with Crippen molar-refractivity contribution in [3.8, 4) is 0 Å². The molecule has 0 fully saturated rings. The molecular formula is C14H22ClN3O2S. The Morgan fingerprint density at radius 2 is 2.05 bits per heavy atom. The van der Waals surface area contributed by atoms with Crippen LogP contribution in [0.2, 0.25) is 5.02 Å². The fraction of sp³-hybridized carbons (Fsp3) is 0.500. The van der Waals surface area contributed by atoms with Crippen molar-refractivity contribution in [2.24, 2.45) is 4.99 Å². The summed E-state index contributed by atoms with van der Waals surface area (Å²) in [5.74, 6) is 0.787. The molecule has 1 aromatic carbocycles. The summed E-state index contributed by atoms with van der Waals surface area (Å²) < 4.78 is 22.9. The van der Waals surface area contributed by atoms with Crippen LogP contribution in [-0.2, 0) is 9.84 Å². The van der Waals surface area contributed by atoms with Gasteiger partial charge >= 0.3 is 0 Å². The molecule has 1 aromatic rings. The third-order valence-electron chi connectivity index (χ3n) is 3.09. The van der Waals surface area contributed by atoms with Crippen LogP contribution in [0.15, 0.2) is 29.3 Å². The van der Waals surface area contributed by atoms with Crippen LogP contribution in [0.5, 0.6) is 0 Å². The van der Waals surface area contributed by atoms with Gasteiger partial charge in [-0.15, -0.1) is 0 Å². The minimum absolute atomic E-state index is 0.0346. The predicted molar refractivity (Wildman–Crippen MR) is 88.7 cm³/mol. The van der Waals surface area contributed by atoms with Crippen LogP contribution in [0.25, 0.3) is 0 Å². The van der Waals surface area contributed by atoms with E-state index in [2.05, 4.69) is 15.6 Å². The standard InChI is InChI=1S/C14H22ClN3O2S/c1-4-21(19,20)10-9-17-14(16-3)18-11(2)12-7-5-6-8-13(12)15/h5-8,11H,4,9-10H2,1-3H3,(H2,16,17,18)/t11-/m0/s1. The van der Waals surface area contributed by atoms with E-state index >= 15 is 0 Å². The summed E-state index contributed by atoms with van der Waals surface area (Å²) in [6, 6.07) is 7.53. The highest BCUT2D eigenvalue weighted by molar-refractivity contribution is 7.91. The normalized spacial score (nSPS) is 13.8. The molecule has 0 aromatic heterocycles. The van der Waals surface area contributed by atoms with E-state index in [1.807, 2.05) is 31.2 Å². The Balaban J connectivity index is 2.57. The van der Waals surface area contributed by atoms with Gasteiger partial charge in [-0.25, -0.2) is 8.42 Å². The molecule has 0 saturated heterocycles. The van der Waals surface area contributed by atoms with Crippen LogP contribution >= 0.6 is 11.6 Å². The fourth-order valence-electron chi connectivity index (χ4n) is 1.77. The molecule has 0 saturated carbocycles.